The lowest BCUT2D eigenvalue weighted by Gasteiger charge is -2.05. The standard InChI is InChI=1S/C10H8F4O/c1-6-2-3-7(4-8(6)11)5-9(15)10(12,13)14/h2-4H,5H2,1H3. The third-order valence-electron chi connectivity index (χ3n) is 1.92. The highest BCUT2D eigenvalue weighted by molar-refractivity contribution is 5.86. The Morgan fingerprint density at radius 2 is 1.93 bits per heavy atom. The molecule has 0 aliphatic heterocycles. The lowest BCUT2D eigenvalue weighted by atomic mass is 10.1. The van der Waals surface area contributed by atoms with E-state index in [-0.39, 0.29) is 5.56 Å². The van der Waals surface area contributed by atoms with Crippen LogP contribution in [0.2, 0.25) is 0 Å². The number of halogens is 4. The molecule has 5 heteroatoms. The highest BCUT2D eigenvalue weighted by atomic mass is 19.4. The molecule has 82 valence electrons. The lowest BCUT2D eigenvalue weighted by molar-refractivity contribution is -0.170. The van der Waals surface area contributed by atoms with Gasteiger partial charge < -0.3 is 0 Å². The van der Waals surface area contributed by atoms with E-state index in [4.69, 9.17) is 0 Å². The van der Waals surface area contributed by atoms with Gasteiger partial charge in [0.15, 0.2) is 0 Å². The van der Waals surface area contributed by atoms with Crippen molar-refractivity contribution in [2.75, 3.05) is 0 Å². The molecule has 0 spiro atoms. The van der Waals surface area contributed by atoms with Crippen LogP contribution < -0.4 is 0 Å². The zero-order valence-electron chi connectivity index (χ0n) is 7.86. The van der Waals surface area contributed by atoms with E-state index in [1.54, 1.807) is 0 Å². The van der Waals surface area contributed by atoms with Crippen molar-refractivity contribution in [1.82, 2.24) is 0 Å². The van der Waals surface area contributed by atoms with Gasteiger partial charge in [-0.25, -0.2) is 4.39 Å². The predicted molar refractivity (Wildman–Crippen MR) is 45.9 cm³/mol. The average molecular weight is 220 g/mol. The van der Waals surface area contributed by atoms with Crippen molar-refractivity contribution in [3.05, 3.63) is 35.1 Å². The molecule has 1 aromatic rings. The van der Waals surface area contributed by atoms with E-state index in [0.717, 1.165) is 6.07 Å². The Hall–Kier alpha value is -1.39. The molecule has 0 atom stereocenters. The van der Waals surface area contributed by atoms with E-state index in [9.17, 15) is 22.4 Å². The van der Waals surface area contributed by atoms with Crippen LogP contribution in [-0.2, 0) is 11.2 Å². The summed E-state index contributed by atoms with van der Waals surface area (Å²) in [5.41, 5.74) is 0.360. The molecule has 0 aliphatic carbocycles. The summed E-state index contributed by atoms with van der Waals surface area (Å²) in [4.78, 5) is 10.6. The van der Waals surface area contributed by atoms with Gasteiger partial charge in [-0.3, -0.25) is 4.79 Å². The summed E-state index contributed by atoms with van der Waals surface area (Å²) in [7, 11) is 0. The predicted octanol–water partition coefficient (Wildman–Crippen LogP) is 2.81. The summed E-state index contributed by atoms with van der Waals surface area (Å²) >= 11 is 0. The van der Waals surface area contributed by atoms with Crippen molar-refractivity contribution < 1.29 is 22.4 Å². The zero-order valence-corrected chi connectivity index (χ0v) is 7.86. The molecule has 0 unspecified atom stereocenters. The summed E-state index contributed by atoms with van der Waals surface area (Å²) in [6.45, 7) is 1.49. The molecule has 0 amide bonds. The first-order chi connectivity index (χ1) is 6.80. The summed E-state index contributed by atoms with van der Waals surface area (Å²) in [5, 5.41) is 0. The number of ketones is 1. The minimum Gasteiger partial charge on any atom is -0.289 e. The fraction of sp³-hybridized carbons (Fsp3) is 0.300. The van der Waals surface area contributed by atoms with Gasteiger partial charge in [-0.15, -0.1) is 0 Å². The Balaban J connectivity index is 2.83. The van der Waals surface area contributed by atoms with Gasteiger partial charge in [0.25, 0.3) is 0 Å². The lowest BCUT2D eigenvalue weighted by Crippen LogP contribution is -2.24. The molecular formula is C10H8F4O. The summed E-state index contributed by atoms with van der Waals surface area (Å²) in [6, 6.07) is 3.59. The monoisotopic (exact) mass is 220 g/mol. The van der Waals surface area contributed by atoms with Gasteiger partial charge in [0.1, 0.15) is 5.82 Å². The van der Waals surface area contributed by atoms with Gasteiger partial charge in [0.05, 0.1) is 0 Å². The minimum absolute atomic E-state index is 0.0282. The van der Waals surface area contributed by atoms with E-state index in [2.05, 4.69) is 0 Å². The SMILES string of the molecule is Cc1ccc(CC(=O)C(F)(F)F)cc1F. The maximum atomic E-state index is 12.9. The normalized spacial score (nSPS) is 11.5. The second-order valence-corrected chi connectivity index (χ2v) is 3.18. The van der Waals surface area contributed by atoms with Crippen LogP contribution in [-0.4, -0.2) is 12.0 Å². The number of rotatable bonds is 2. The fourth-order valence-corrected chi connectivity index (χ4v) is 1.03. The maximum Gasteiger partial charge on any atom is 0.450 e. The van der Waals surface area contributed by atoms with E-state index >= 15 is 0 Å². The van der Waals surface area contributed by atoms with Crippen LogP contribution in [0.25, 0.3) is 0 Å². The van der Waals surface area contributed by atoms with E-state index in [1.807, 2.05) is 0 Å². The van der Waals surface area contributed by atoms with Crippen molar-refractivity contribution in [1.29, 1.82) is 0 Å². The molecule has 0 saturated carbocycles. The van der Waals surface area contributed by atoms with E-state index < -0.39 is 24.2 Å². The number of benzene rings is 1. The summed E-state index contributed by atoms with van der Waals surface area (Å²) in [5.74, 6) is -2.48. The second kappa shape index (κ2) is 4.00. The maximum absolute atomic E-state index is 12.9. The van der Waals surface area contributed by atoms with Crippen LogP contribution in [0.15, 0.2) is 18.2 Å². The van der Waals surface area contributed by atoms with Crippen LogP contribution in [0.1, 0.15) is 11.1 Å². The fourth-order valence-electron chi connectivity index (χ4n) is 1.03. The first-order valence-electron chi connectivity index (χ1n) is 4.16. The quantitative estimate of drug-likeness (QED) is 0.700. The van der Waals surface area contributed by atoms with Crippen LogP contribution in [0, 0.1) is 12.7 Å². The zero-order chi connectivity index (χ0) is 11.6. The number of carbonyl (C=O) groups is 1. The molecule has 0 radical (unpaired) electrons. The Labute approximate surface area is 83.7 Å². The molecular weight excluding hydrogens is 212 g/mol. The molecule has 1 rings (SSSR count). The Bertz CT molecular complexity index is 381. The topological polar surface area (TPSA) is 17.1 Å². The molecule has 0 fully saturated rings. The largest absolute Gasteiger partial charge is 0.450 e. The number of hydrogen-bond acceptors (Lipinski definition) is 1. The van der Waals surface area contributed by atoms with E-state index in [1.165, 1.54) is 19.1 Å². The van der Waals surface area contributed by atoms with Crippen molar-refractivity contribution in [3.8, 4) is 0 Å². The molecule has 0 bridgehead atoms. The van der Waals surface area contributed by atoms with Crippen LogP contribution >= 0.6 is 0 Å². The average Bonchev–Trinajstić information content (AvgIpc) is 2.10. The molecule has 0 aromatic heterocycles. The number of carbonyl (C=O) groups excluding carboxylic acids is 1. The van der Waals surface area contributed by atoms with Gasteiger partial charge in [-0.05, 0) is 24.1 Å². The Morgan fingerprint density at radius 3 is 2.40 bits per heavy atom. The van der Waals surface area contributed by atoms with Crippen molar-refractivity contribution >= 4 is 5.78 Å². The molecule has 1 aromatic carbocycles. The number of Topliss-reactive ketones (excluding diaryl/α,β-unsaturated/α-hetero) is 1. The third kappa shape index (κ3) is 3.04. The second-order valence-electron chi connectivity index (χ2n) is 3.18. The first kappa shape index (κ1) is 11.7. The highest BCUT2D eigenvalue weighted by Gasteiger charge is 2.37. The summed E-state index contributed by atoms with van der Waals surface area (Å²) in [6.07, 6.45) is -5.68. The van der Waals surface area contributed by atoms with Crippen molar-refractivity contribution in [2.24, 2.45) is 0 Å². The van der Waals surface area contributed by atoms with Gasteiger partial charge in [-0.2, -0.15) is 13.2 Å². The van der Waals surface area contributed by atoms with Crippen molar-refractivity contribution in [2.45, 2.75) is 19.5 Å². The molecule has 1 nitrogen and oxygen atoms in total. The Kier molecular flexibility index (Phi) is 3.12. The van der Waals surface area contributed by atoms with Gasteiger partial charge in [-0.1, -0.05) is 12.1 Å². The Morgan fingerprint density at radius 1 is 1.33 bits per heavy atom. The number of hydrogen-bond donors (Lipinski definition) is 0. The number of aryl methyl sites for hydroxylation is 1. The first-order valence-corrected chi connectivity index (χ1v) is 4.16. The van der Waals surface area contributed by atoms with Gasteiger partial charge in [0.2, 0.25) is 5.78 Å². The van der Waals surface area contributed by atoms with Crippen molar-refractivity contribution in [3.63, 3.8) is 0 Å². The van der Waals surface area contributed by atoms with Crippen LogP contribution in [0.4, 0.5) is 17.6 Å². The summed E-state index contributed by atoms with van der Waals surface area (Å²) < 4.78 is 48.5. The van der Waals surface area contributed by atoms with Crippen LogP contribution in [0.5, 0.6) is 0 Å². The third-order valence-corrected chi connectivity index (χ3v) is 1.92. The molecule has 15 heavy (non-hydrogen) atoms. The minimum atomic E-state index is -4.86. The number of alkyl halides is 3. The van der Waals surface area contributed by atoms with Gasteiger partial charge in [0, 0.05) is 6.42 Å². The van der Waals surface area contributed by atoms with Crippen LogP contribution in [0.3, 0.4) is 0 Å². The molecule has 0 aliphatic rings. The smallest absolute Gasteiger partial charge is 0.289 e. The molecule has 0 saturated heterocycles. The molecule has 0 heterocycles. The van der Waals surface area contributed by atoms with Gasteiger partial charge >= 0.3 is 6.18 Å². The highest BCUT2D eigenvalue weighted by Crippen LogP contribution is 2.19. The van der Waals surface area contributed by atoms with E-state index in [0.29, 0.717) is 5.56 Å². The molecule has 0 N–H and O–H groups in total.